The quantitative estimate of drug-likeness (QED) is 0.481. The Hall–Kier alpha value is -1.88. The molecular formula is C18H27FN4. The third-order valence-electron chi connectivity index (χ3n) is 3.71. The molecule has 0 bridgehead atoms. The normalized spacial score (nSPS) is 15.4. The van der Waals surface area contributed by atoms with Crippen molar-refractivity contribution < 1.29 is 4.39 Å². The number of nitrogens with one attached hydrogen (secondary N) is 2. The van der Waals surface area contributed by atoms with Crippen LogP contribution in [0.25, 0.3) is 0 Å². The molecule has 2 N–H and O–H groups in total. The molecule has 23 heavy (non-hydrogen) atoms. The van der Waals surface area contributed by atoms with Crippen LogP contribution in [0.15, 0.2) is 35.3 Å². The molecule has 0 radical (unpaired) electrons. The van der Waals surface area contributed by atoms with Crippen LogP contribution >= 0.6 is 0 Å². The summed E-state index contributed by atoms with van der Waals surface area (Å²) in [5.74, 6) is 0.660. The summed E-state index contributed by atoms with van der Waals surface area (Å²) in [7, 11) is 3.88. The van der Waals surface area contributed by atoms with Crippen LogP contribution < -0.4 is 10.6 Å². The first-order valence-electron chi connectivity index (χ1n) is 8.20. The van der Waals surface area contributed by atoms with E-state index in [0.717, 1.165) is 30.9 Å². The van der Waals surface area contributed by atoms with Gasteiger partial charge in [-0.1, -0.05) is 18.2 Å². The zero-order valence-corrected chi connectivity index (χ0v) is 14.3. The van der Waals surface area contributed by atoms with Crippen molar-refractivity contribution in [2.24, 2.45) is 4.99 Å². The van der Waals surface area contributed by atoms with E-state index in [1.54, 1.807) is 6.07 Å². The number of nitrogens with zero attached hydrogens (tertiary/aromatic N) is 2. The first kappa shape index (κ1) is 17.5. The molecule has 5 heteroatoms. The predicted molar refractivity (Wildman–Crippen MR) is 93.9 cm³/mol. The van der Waals surface area contributed by atoms with Crippen molar-refractivity contribution in [1.29, 1.82) is 0 Å². The van der Waals surface area contributed by atoms with Gasteiger partial charge in [0, 0.05) is 24.7 Å². The minimum absolute atomic E-state index is 0.159. The molecular weight excluding hydrogens is 291 g/mol. The molecule has 1 aromatic carbocycles. The molecule has 0 heterocycles. The Morgan fingerprint density at radius 2 is 2.04 bits per heavy atom. The van der Waals surface area contributed by atoms with Crippen molar-refractivity contribution in [2.75, 3.05) is 20.6 Å². The molecule has 2 rings (SSSR count). The average Bonchev–Trinajstić information content (AvgIpc) is 3.00. The van der Waals surface area contributed by atoms with Crippen LogP contribution in [0.1, 0.15) is 30.9 Å². The third kappa shape index (κ3) is 5.67. The summed E-state index contributed by atoms with van der Waals surface area (Å²) in [5, 5.41) is 6.71. The fourth-order valence-electron chi connectivity index (χ4n) is 2.61. The maximum Gasteiger partial charge on any atom is 0.191 e. The van der Waals surface area contributed by atoms with Gasteiger partial charge < -0.3 is 15.5 Å². The summed E-state index contributed by atoms with van der Waals surface area (Å²) in [6.07, 6.45) is 6.45. The predicted octanol–water partition coefficient (Wildman–Crippen LogP) is 2.66. The fourth-order valence-corrected chi connectivity index (χ4v) is 2.61. The van der Waals surface area contributed by atoms with E-state index in [-0.39, 0.29) is 5.82 Å². The van der Waals surface area contributed by atoms with E-state index in [0.29, 0.717) is 24.7 Å². The number of rotatable bonds is 6. The van der Waals surface area contributed by atoms with Crippen LogP contribution in [-0.2, 0) is 13.1 Å². The molecule has 0 spiro atoms. The summed E-state index contributed by atoms with van der Waals surface area (Å²) in [4.78, 5) is 6.59. The van der Waals surface area contributed by atoms with Gasteiger partial charge >= 0.3 is 0 Å². The average molecular weight is 318 g/mol. The maximum absolute atomic E-state index is 13.8. The number of hydrogen-bond donors (Lipinski definition) is 2. The lowest BCUT2D eigenvalue weighted by atomic mass is 10.1. The molecule has 0 amide bonds. The lowest BCUT2D eigenvalue weighted by molar-refractivity contribution is 0.392. The summed E-state index contributed by atoms with van der Waals surface area (Å²) >= 11 is 0. The van der Waals surface area contributed by atoms with Gasteiger partial charge in [-0.2, -0.15) is 0 Å². The Morgan fingerprint density at radius 1 is 1.30 bits per heavy atom. The summed E-state index contributed by atoms with van der Waals surface area (Å²) in [5.41, 5.74) is 1.73. The smallest absolute Gasteiger partial charge is 0.191 e. The Labute approximate surface area is 138 Å². The van der Waals surface area contributed by atoms with E-state index in [4.69, 9.17) is 0 Å². The molecule has 1 aromatic rings. The van der Waals surface area contributed by atoms with Gasteiger partial charge in [0.1, 0.15) is 5.82 Å². The molecule has 0 saturated heterocycles. The van der Waals surface area contributed by atoms with Gasteiger partial charge in [0.2, 0.25) is 0 Å². The van der Waals surface area contributed by atoms with Crippen LogP contribution in [0.5, 0.6) is 0 Å². The van der Waals surface area contributed by atoms with Gasteiger partial charge in [-0.25, -0.2) is 9.38 Å². The molecule has 0 unspecified atom stereocenters. The molecule has 4 nitrogen and oxygen atoms in total. The van der Waals surface area contributed by atoms with E-state index in [1.807, 2.05) is 25.1 Å². The molecule has 0 atom stereocenters. The SMILES string of the molecule is CCNC(=NCc1ccc(F)c(CN(C)C)c1)NC1CC=CC1. The lowest BCUT2D eigenvalue weighted by Gasteiger charge is -2.17. The highest BCUT2D eigenvalue weighted by atomic mass is 19.1. The lowest BCUT2D eigenvalue weighted by Crippen LogP contribution is -2.42. The van der Waals surface area contributed by atoms with Crippen LogP contribution in [0.3, 0.4) is 0 Å². The monoisotopic (exact) mass is 318 g/mol. The van der Waals surface area contributed by atoms with Crippen LogP contribution in [0.2, 0.25) is 0 Å². The fraction of sp³-hybridized carbons (Fsp3) is 0.500. The second kappa shape index (κ2) is 8.67. The molecule has 0 aromatic heterocycles. The molecule has 1 aliphatic carbocycles. The van der Waals surface area contributed by atoms with Crippen molar-refractivity contribution in [2.45, 2.75) is 38.9 Å². The second-order valence-electron chi connectivity index (χ2n) is 6.14. The van der Waals surface area contributed by atoms with Gasteiger partial charge in [-0.05, 0) is 51.6 Å². The number of halogens is 1. The first-order valence-corrected chi connectivity index (χ1v) is 8.20. The van der Waals surface area contributed by atoms with E-state index in [9.17, 15) is 4.39 Å². The first-order chi connectivity index (χ1) is 11.1. The van der Waals surface area contributed by atoms with Gasteiger partial charge in [0.25, 0.3) is 0 Å². The standard InChI is InChI=1S/C18H27FN4/c1-4-20-18(22-16-7-5-6-8-16)21-12-14-9-10-17(19)15(11-14)13-23(2)3/h5-6,9-11,16H,4,7-8,12-13H2,1-3H3,(H2,20,21,22). The molecule has 0 saturated carbocycles. The van der Waals surface area contributed by atoms with Crippen molar-refractivity contribution in [3.05, 3.63) is 47.3 Å². The molecule has 126 valence electrons. The van der Waals surface area contributed by atoms with Crippen LogP contribution in [0, 0.1) is 5.82 Å². The van der Waals surface area contributed by atoms with E-state index in [1.165, 1.54) is 6.07 Å². The molecule has 0 aliphatic heterocycles. The number of hydrogen-bond acceptors (Lipinski definition) is 2. The van der Waals surface area contributed by atoms with Crippen molar-refractivity contribution in [3.63, 3.8) is 0 Å². The summed E-state index contributed by atoms with van der Waals surface area (Å²) in [6.45, 7) is 4.00. The Balaban J connectivity index is 2.02. The minimum atomic E-state index is -0.159. The highest BCUT2D eigenvalue weighted by Gasteiger charge is 2.11. The highest BCUT2D eigenvalue weighted by molar-refractivity contribution is 5.80. The van der Waals surface area contributed by atoms with Gasteiger partial charge in [-0.15, -0.1) is 0 Å². The van der Waals surface area contributed by atoms with Crippen LogP contribution in [-0.4, -0.2) is 37.5 Å². The Morgan fingerprint density at radius 3 is 2.70 bits per heavy atom. The van der Waals surface area contributed by atoms with Crippen molar-refractivity contribution in [1.82, 2.24) is 15.5 Å². The maximum atomic E-state index is 13.8. The van der Waals surface area contributed by atoms with Gasteiger partial charge in [0.15, 0.2) is 5.96 Å². The van der Waals surface area contributed by atoms with Crippen LogP contribution in [0.4, 0.5) is 4.39 Å². The topological polar surface area (TPSA) is 39.7 Å². The molecule has 1 aliphatic rings. The zero-order chi connectivity index (χ0) is 16.7. The minimum Gasteiger partial charge on any atom is -0.357 e. The summed E-state index contributed by atoms with van der Waals surface area (Å²) in [6, 6.07) is 5.66. The Kier molecular flexibility index (Phi) is 6.59. The van der Waals surface area contributed by atoms with Crippen molar-refractivity contribution in [3.8, 4) is 0 Å². The van der Waals surface area contributed by atoms with E-state index < -0.39 is 0 Å². The highest BCUT2D eigenvalue weighted by Crippen LogP contribution is 2.13. The second-order valence-corrected chi connectivity index (χ2v) is 6.14. The van der Waals surface area contributed by atoms with Gasteiger partial charge in [0.05, 0.1) is 6.54 Å². The number of aliphatic imine (C=N–C) groups is 1. The van der Waals surface area contributed by atoms with Gasteiger partial charge in [-0.3, -0.25) is 0 Å². The zero-order valence-electron chi connectivity index (χ0n) is 14.3. The third-order valence-corrected chi connectivity index (χ3v) is 3.71. The van der Waals surface area contributed by atoms with Crippen molar-refractivity contribution >= 4 is 5.96 Å². The number of benzene rings is 1. The summed E-state index contributed by atoms with van der Waals surface area (Å²) < 4.78 is 13.8. The Bertz CT molecular complexity index is 558. The largest absolute Gasteiger partial charge is 0.357 e. The molecule has 0 fully saturated rings. The van der Waals surface area contributed by atoms with E-state index >= 15 is 0 Å². The van der Waals surface area contributed by atoms with E-state index in [2.05, 4.69) is 34.7 Å². The number of guanidine groups is 1.